The van der Waals surface area contributed by atoms with E-state index in [1.54, 1.807) is 24.3 Å². The molecule has 2 aromatic rings. The number of rotatable bonds is 3. The van der Waals surface area contributed by atoms with Gasteiger partial charge in [-0.25, -0.2) is 4.39 Å². The molecule has 2 rings (SSSR count). The molecule has 0 aliphatic heterocycles. The molecule has 0 saturated carbocycles. The Morgan fingerprint density at radius 1 is 1.06 bits per heavy atom. The van der Waals surface area contributed by atoms with E-state index in [-0.39, 0.29) is 0 Å². The first-order chi connectivity index (χ1) is 8.58. The number of hydrogen-bond acceptors (Lipinski definition) is 1. The highest BCUT2D eigenvalue weighted by molar-refractivity contribution is 6.42. The van der Waals surface area contributed by atoms with Crippen molar-refractivity contribution in [3.8, 4) is 0 Å². The number of halogens is 4. The van der Waals surface area contributed by atoms with Crippen LogP contribution in [-0.4, -0.2) is 0 Å². The van der Waals surface area contributed by atoms with Gasteiger partial charge in [0.05, 0.1) is 15.7 Å². The van der Waals surface area contributed by atoms with Crippen molar-refractivity contribution in [2.24, 2.45) is 0 Å². The SMILES string of the molecule is Fc1cc(Cl)ccc1NCc1cccc(Cl)c1Cl. The first kappa shape index (κ1) is 13.5. The van der Waals surface area contributed by atoms with Crippen molar-refractivity contribution in [2.75, 3.05) is 5.32 Å². The Hall–Kier alpha value is -0.960. The number of nitrogens with one attached hydrogen (secondary N) is 1. The number of benzene rings is 2. The van der Waals surface area contributed by atoms with Gasteiger partial charge in [-0.2, -0.15) is 0 Å². The van der Waals surface area contributed by atoms with Gasteiger partial charge in [-0.1, -0.05) is 46.9 Å². The first-order valence-corrected chi connectivity index (χ1v) is 6.33. The molecule has 2 aromatic carbocycles. The Labute approximate surface area is 119 Å². The summed E-state index contributed by atoms with van der Waals surface area (Å²) in [5.74, 6) is -0.402. The molecule has 0 saturated heterocycles. The van der Waals surface area contributed by atoms with E-state index in [4.69, 9.17) is 34.8 Å². The van der Waals surface area contributed by atoms with Gasteiger partial charge in [0.2, 0.25) is 0 Å². The zero-order valence-electron chi connectivity index (χ0n) is 9.18. The molecule has 1 N–H and O–H groups in total. The monoisotopic (exact) mass is 303 g/mol. The van der Waals surface area contributed by atoms with Crippen molar-refractivity contribution >= 4 is 40.5 Å². The van der Waals surface area contributed by atoms with Gasteiger partial charge in [0.15, 0.2) is 0 Å². The van der Waals surface area contributed by atoms with Crippen molar-refractivity contribution in [3.05, 3.63) is 62.8 Å². The smallest absolute Gasteiger partial charge is 0.147 e. The Morgan fingerprint density at radius 2 is 1.83 bits per heavy atom. The third-order valence-corrected chi connectivity index (χ3v) is 3.53. The maximum Gasteiger partial charge on any atom is 0.147 e. The third-order valence-electron chi connectivity index (χ3n) is 2.43. The molecular formula is C13H9Cl3FN. The van der Waals surface area contributed by atoms with Crippen molar-refractivity contribution < 1.29 is 4.39 Å². The fourth-order valence-electron chi connectivity index (χ4n) is 1.51. The molecular weight excluding hydrogens is 296 g/mol. The van der Waals surface area contributed by atoms with Crippen LogP contribution in [-0.2, 0) is 6.54 Å². The van der Waals surface area contributed by atoms with Gasteiger partial charge in [-0.15, -0.1) is 0 Å². The highest BCUT2D eigenvalue weighted by Crippen LogP contribution is 2.26. The summed E-state index contributed by atoms with van der Waals surface area (Å²) in [6, 6.07) is 9.78. The molecule has 18 heavy (non-hydrogen) atoms. The van der Waals surface area contributed by atoms with Crippen LogP contribution in [0.3, 0.4) is 0 Å². The lowest BCUT2D eigenvalue weighted by molar-refractivity contribution is 0.630. The van der Waals surface area contributed by atoms with Gasteiger partial charge in [-0.05, 0) is 29.8 Å². The summed E-state index contributed by atoms with van der Waals surface area (Å²) in [6.07, 6.45) is 0. The molecule has 5 heteroatoms. The van der Waals surface area contributed by atoms with Gasteiger partial charge in [0, 0.05) is 11.6 Å². The lowest BCUT2D eigenvalue weighted by atomic mass is 10.2. The lowest BCUT2D eigenvalue weighted by Gasteiger charge is -2.10. The fourth-order valence-corrected chi connectivity index (χ4v) is 2.05. The van der Waals surface area contributed by atoms with E-state index in [9.17, 15) is 4.39 Å². The van der Waals surface area contributed by atoms with Gasteiger partial charge in [0.25, 0.3) is 0 Å². The Balaban J connectivity index is 2.14. The van der Waals surface area contributed by atoms with E-state index in [0.717, 1.165) is 5.56 Å². The normalized spacial score (nSPS) is 10.4. The predicted octanol–water partition coefficient (Wildman–Crippen LogP) is 5.40. The second-order valence-corrected chi connectivity index (χ2v) is 4.91. The molecule has 0 fully saturated rings. The summed E-state index contributed by atoms with van der Waals surface area (Å²) < 4.78 is 13.5. The Kier molecular flexibility index (Phi) is 4.33. The molecule has 0 aliphatic carbocycles. The van der Waals surface area contributed by atoms with Crippen LogP contribution < -0.4 is 5.32 Å². The van der Waals surface area contributed by atoms with E-state index < -0.39 is 5.82 Å². The number of anilines is 1. The molecule has 0 aliphatic rings. The molecule has 0 amide bonds. The third kappa shape index (κ3) is 3.08. The minimum atomic E-state index is -0.402. The fraction of sp³-hybridized carbons (Fsp3) is 0.0769. The summed E-state index contributed by atoms with van der Waals surface area (Å²) in [5, 5.41) is 4.26. The molecule has 0 radical (unpaired) electrons. The number of hydrogen-bond donors (Lipinski definition) is 1. The lowest BCUT2D eigenvalue weighted by Crippen LogP contribution is -2.02. The van der Waals surface area contributed by atoms with E-state index in [2.05, 4.69) is 5.32 Å². The van der Waals surface area contributed by atoms with E-state index >= 15 is 0 Å². The Bertz CT molecular complexity index is 572. The molecule has 0 unspecified atom stereocenters. The largest absolute Gasteiger partial charge is 0.379 e. The van der Waals surface area contributed by atoms with E-state index in [1.807, 2.05) is 6.07 Å². The molecule has 0 atom stereocenters. The minimum absolute atomic E-state index is 0.360. The molecule has 0 heterocycles. The molecule has 0 spiro atoms. The van der Waals surface area contributed by atoms with Gasteiger partial charge >= 0.3 is 0 Å². The molecule has 0 aromatic heterocycles. The summed E-state index contributed by atoms with van der Waals surface area (Å²) in [6.45, 7) is 0.387. The van der Waals surface area contributed by atoms with Crippen LogP contribution in [0.5, 0.6) is 0 Å². The maximum atomic E-state index is 13.5. The predicted molar refractivity (Wildman–Crippen MR) is 75.2 cm³/mol. The second-order valence-electron chi connectivity index (χ2n) is 3.69. The van der Waals surface area contributed by atoms with Crippen molar-refractivity contribution in [1.29, 1.82) is 0 Å². The van der Waals surface area contributed by atoms with Gasteiger partial charge < -0.3 is 5.32 Å². The highest BCUT2D eigenvalue weighted by Gasteiger charge is 2.06. The van der Waals surface area contributed by atoms with Crippen molar-refractivity contribution in [1.82, 2.24) is 0 Å². The summed E-state index contributed by atoms with van der Waals surface area (Å²) in [5.41, 5.74) is 1.17. The zero-order chi connectivity index (χ0) is 13.1. The van der Waals surface area contributed by atoms with Crippen LogP contribution in [0.4, 0.5) is 10.1 Å². The van der Waals surface area contributed by atoms with E-state index in [0.29, 0.717) is 27.3 Å². The standard InChI is InChI=1S/C13H9Cl3FN/c14-9-4-5-12(11(17)6-9)18-7-8-2-1-3-10(15)13(8)16/h1-6,18H,7H2. The van der Waals surface area contributed by atoms with Crippen LogP contribution in [0.1, 0.15) is 5.56 Å². The van der Waals surface area contributed by atoms with Crippen LogP contribution in [0.25, 0.3) is 0 Å². The summed E-state index contributed by atoms with van der Waals surface area (Å²) >= 11 is 17.6. The van der Waals surface area contributed by atoms with Gasteiger partial charge in [0.1, 0.15) is 5.82 Å². The van der Waals surface area contributed by atoms with Crippen molar-refractivity contribution in [2.45, 2.75) is 6.54 Å². The molecule has 94 valence electrons. The summed E-state index contributed by atoms with van der Waals surface area (Å²) in [4.78, 5) is 0. The quantitative estimate of drug-likeness (QED) is 0.800. The average Bonchev–Trinajstić information content (AvgIpc) is 2.33. The van der Waals surface area contributed by atoms with E-state index in [1.165, 1.54) is 6.07 Å². The molecule has 1 nitrogen and oxygen atoms in total. The summed E-state index contributed by atoms with van der Waals surface area (Å²) in [7, 11) is 0. The Morgan fingerprint density at radius 3 is 2.56 bits per heavy atom. The van der Waals surface area contributed by atoms with Crippen LogP contribution in [0.15, 0.2) is 36.4 Å². The molecule has 0 bridgehead atoms. The minimum Gasteiger partial charge on any atom is -0.379 e. The second kappa shape index (κ2) is 5.79. The first-order valence-electron chi connectivity index (χ1n) is 5.20. The highest BCUT2D eigenvalue weighted by atomic mass is 35.5. The van der Waals surface area contributed by atoms with Crippen LogP contribution >= 0.6 is 34.8 Å². The zero-order valence-corrected chi connectivity index (χ0v) is 11.5. The van der Waals surface area contributed by atoms with Gasteiger partial charge in [-0.3, -0.25) is 0 Å². The topological polar surface area (TPSA) is 12.0 Å². The van der Waals surface area contributed by atoms with Crippen LogP contribution in [0.2, 0.25) is 15.1 Å². The average molecular weight is 305 g/mol. The maximum absolute atomic E-state index is 13.5. The van der Waals surface area contributed by atoms with Crippen LogP contribution in [0, 0.1) is 5.82 Å². The van der Waals surface area contributed by atoms with Crippen molar-refractivity contribution in [3.63, 3.8) is 0 Å².